The Hall–Kier alpha value is -2.86. The van der Waals surface area contributed by atoms with Gasteiger partial charge in [0, 0.05) is 43.5 Å². The van der Waals surface area contributed by atoms with Gasteiger partial charge in [0.1, 0.15) is 21.5 Å². The third-order valence-corrected chi connectivity index (χ3v) is 6.97. The largest absolute Gasteiger partial charge is 0.573 e. The van der Waals surface area contributed by atoms with Gasteiger partial charge < -0.3 is 10.1 Å². The number of ether oxygens (including phenoxy) is 1. The van der Waals surface area contributed by atoms with E-state index in [1.165, 1.54) is 24.3 Å². The number of benzene rings is 2. The Bertz CT molecular complexity index is 1230. The Balaban J connectivity index is 1.34. The molecule has 2 aromatic rings. The van der Waals surface area contributed by atoms with Gasteiger partial charge in [-0.15, -0.1) is 13.2 Å². The Morgan fingerprint density at radius 2 is 1.86 bits per heavy atom. The van der Waals surface area contributed by atoms with Crippen molar-refractivity contribution in [1.82, 2.24) is 9.62 Å². The number of nitrogens with one attached hydrogen (secondary N) is 3. The molecule has 0 bridgehead atoms. The van der Waals surface area contributed by atoms with E-state index in [2.05, 4.69) is 15.0 Å². The molecule has 3 N–H and O–H groups in total. The van der Waals surface area contributed by atoms with Crippen LogP contribution in [0.1, 0.15) is 53.2 Å². The molecule has 0 aromatic heterocycles. The van der Waals surface area contributed by atoms with Crippen molar-refractivity contribution in [3.63, 3.8) is 0 Å². The molecule has 36 heavy (non-hydrogen) atoms. The average molecular weight is 529 g/mol. The quantitative estimate of drug-likeness (QED) is 0.397. The molecule has 4 rings (SSSR count). The zero-order valence-corrected chi connectivity index (χ0v) is 20.6. The molecule has 1 heterocycles. The highest BCUT2D eigenvalue weighted by Gasteiger charge is 2.33. The van der Waals surface area contributed by atoms with Crippen LogP contribution in [0.5, 0.6) is 5.75 Å². The van der Waals surface area contributed by atoms with Crippen LogP contribution in [0, 0.1) is 16.5 Å². The predicted molar refractivity (Wildman–Crippen MR) is 128 cm³/mol. The van der Waals surface area contributed by atoms with E-state index in [0.717, 1.165) is 43.3 Å². The molecule has 2 unspecified atom stereocenters. The number of carbonyl (C=O) groups excluding carboxylic acids is 1. The van der Waals surface area contributed by atoms with E-state index in [1.807, 2.05) is 11.6 Å². The summed E-state index contributed by atoms with van der Waals surface area (Å²) in [6, 6.07) is 8.64. The highest BCUT2D eigenvalue weighted by Crippen LogP contribution is 2.44. The third-order valence-electron chi connectivity index (χ3n) is 6.40. The van der Waals surface area contributed by atoms with Gasteiger partial charge in [0.2, 0.25) is 0 Å². The standard InChI is InChI=1S/C24H28F4N4O3S/c1-14(16-5-7-18(8-6-16)35-24(26,27)28)32-12-15(13-32)11-30-22-10-21(25)20(9-19(22)17-3-4-17)23(33)31-36(2,29)34/h5-10,14-15,17,30H,3-4,11-13H2,1-2H3,(H2,29,31,33,34). The van der Waals surface area contributed by atoms with Gasteiger partial charge in [-0.05, 0) is 61.1 Å². The van der Waals surface area contributed by atoms with Crippen molar-refractivity contribution >= 4 is 21.5 Å². The van der Waals surface area contributed by atoms with Crippen LogP contribution in [0.15, 0.2) is 36.4 Å². The summed E-state index contributed by atoms with van der Waals surface area (Å²) < 4.78 is 76.6. The van der Waals surface area contributed by atoms with E-state index in [1.54, 1.807) is 12.1 Å². The van der Waals surface area contributed by atoms with Crippen molar-refractivity contribution in [2.75, 3.05) is 31.2 Å². The molecular formula is C24H28F4N4O3S. The van der Waals surface area contributed by atoms with Crippen LogP contribution in [0.25, 0.3) is 0 Å². The first-order chi connectivity index (χ1) is 16.8. The van der Waals surface area contributed by atoms with Crippen LogP contribution in [0.2, 0.25) is 0 Å². The summed E-state index contributed by atoms with van der Waals surface area (Å²) in [6.45, 7) is 4.12. The van der Waals surface area contributed by atoms with Crippen LogP contribution < -0.4 is 14.8 Å². The Morgan fingerprint density at radius 3 is 2.42 bits per heavy atom. The van der Waals surface area contributed by atoms with Gasteiger partial charge in [-0.3, -0.25) is 14.4 Å². The number of anilines is 1. The lowest BCUT2D eigenvalue weighted by Crippen LogP contribution is -2.50. The fraction of sp³-hybridized carbons (Fsp3) is 0.458. The van der Waals surface area contributed by atoms with Crippen LogP contribution in [-0.4, -0.2) is 47.3 Å². The van der Waals surface area contributed by atoms with Gasteiger partial charge in [-0.2, -0.15) is 0 Å². The van der Waals surface area contributed by atoms with Crippen molar-refractivity contribution < 1.29 is 31.3 Å². The molecule has 1 aliphatic carbocycles. The summed E-state index contributed by atoms with van der Waals surface area (Å²) in [4.78, 5) is 14.5. The van der Waals surface area contributed by atoms with Crippen LogP contribution in [-0.2, 0) is 9.92 Å². The lowest BCUT2D eigenvalue weighted by molar-refractivity contribution is -0.274. The summed E-state index contributed by atoms with van der Waals surface area (Å²) in [5, 5.41) is 3.31. The van der Waals surface area contributed by atoms with Gasteiger partial charge in [0.15, 0.2) is 0 Å². The van der Waals surface area contributed by atoms with Crippen molar-refractivity contribution in [3.05, 3.63) is 58.9 Å². The number of likely N-dealkylation sites (tertiary alicyclic amines) is 1. The molecule has 12 heteroatoms. The zero-order chi connectivity index (χ0) is 26.3. The molecule has 2 fully saturated rings. The summed E-state index contributed by atoms with van der Waals surface area (Å²) in [5.74, 6) is -1.35. The Morgan fingerprint density at radius 1 is 1.22 bits per heavy atom. The first-order valence-corrected chi connectivity index (χ1v) is 13.5. The fourth-order valence-electron chi connectivity index (χ4n) is 4.35. The highest BCUT2D eigenvalue weighted by atomic mass is 32.2. The maximum atomic E-state index is 14.7. The maximum absolute atomic E-state index is 14.7. The van der Waals surface area contributed by atoms with Crippen molar-refractivity contribution in [2.24, 2.45) is 5.92 Å². The smallest absolute Gasteiger partial charge is 0.406 e. The monoisotopic (exact) mass is 528 g/mol. The topological polar surface area (TPSA) is 94.5 Å². The molecule has 1 aliphatic heterocycles. The van der Waals surface area contributed by atoms with Gasteiger partial charge in [-0.1, -0.05) is 12.1 Å². The number of carbonyl (C=O) groups is 1. The number of hydrogen-bond acceptors (Lipinski definition) is 6. The van der Waals surface area contributed by atoms with Gasteiger partial charge in [-0.25, -0.2) is 13.4 Å². The number of nitrogens with zero attached hydrogens (tertiary/aromatic N) is 1. The number of hydrogen-bond donors (Lipinski definition) is 3. The number of rotatable bonds is 9. The molecule has 2 aromatic carbocycles. The van der Waals surface area contributed by atoms with Crippen molar-refractivity contribution in [3.8, 4) is 5.75 Å². The minimum absolute atomic E-state index is 0.0179. The maximum Gasteiger partial charge on any atom is 0.573 e. The molecule has 1 amide bonds. The first-order valence-electron chi connectivity index (χ1n) is 11.5. The van der Waals surface area contributed by atoms with Crippen molar-refractivity contribution in [1.29, 1.82) is 4.78 Å². The second kappa shape index (κ2) is 9.89. The van der Waals surface area contributed by atoms with E-state index >= 15 is 0 Å². The number of amides is 1. The summed E-state index contributed by atoms with van der Waals surface area (Å²) in [5.41, 5.74) is 2.12. The lowest BCUT2D eigenvalue weighted by Gasteiger charge is -2.43. The molecule has 7 nitrogen and oxygen atoms in total. The molecule has 2 aliphatic rings. The van der Waals surface area contributed by atoms with E-state index in [-0.39, 0.29) is 23.3 Å². The Labute approximate surface area is 207 Å². The second-order valence-electron chi connectivity index (χ2n) is 9.46. The predicted octanol–water partition coefficient (Wildman–Crippen LogP) is 5.03. The molecule has 0 radical (unpaired) electrons. The van der Waals surface area contributed by atoms with E-state index in [4.69, 9.17) is 4.78 Å². The van der Waals surface area contributed by atoms with Gasteiger partial charge in [0.25, 0.3) is 5.91 Å². The van der Waals surface area contributed by atoms with Crippen LogP contribution in [0.3, 0.4) is 0 Å². The first kappa shape index (κ1) is 26.2. The Kier molecular flexibility index (Phi) is 7.20. The molecule has 1 saturated carbocycles. The van der Waals surface area contributed by atoms with Crippen molar-refractivity contribution in [2.45, 2.75) is 38.1 Å². The minimum Gasteiger partial charge on any atom is -0.406 e. The third kappa shape index (κ3) is 6.67. The number of halogens is 4. The van der Waals surface area contributed by atoms with Gasteiger partial charge in [0.05, 0.1) is 5.56 Å². The summed E-state index contributed by atoms with van der Waals surface area (Å²) in [7, 11) is -3.31. The second-order valence-corrected chi connectivity index (χ2v) is 11.4. The molecule has 196 valence electrons. The highest BCUT2D eigenvalue weighted by molar-refractivity contribution is 7.90. The van der Waals surface area contributed by atoms with Crippen LogP contribution in [0.4, 0.5) is 23.2 Å². The molecule has 1 saturated heterocycles. The van der Waals surface area contributed by atoms with E-state index in [0.29, 0.717) is 18.2 Å². The van der Waals surface area contributed by atoms with Crippen LogP contribution >= 0.6 is 0 Å². The lowest BCUT2D eigenvalue weighted by atomic mass is 9.94. The SMILES string of the molecule is CC(c1ccc(OC(F)(F)F)cc1)N1CC(CNc2cc(F)c(C(=O)NS(C)(=N)=O)cc2C2CC2)C1. The van der Waals surface area contributed by atoms with E-state index < -0.39 is 28.0 Å². The summed E-state index contributed by atoms with van der Waals surface area (Å²) in [6.07, 6.45) is -1.79. The minimum atomic E-state index is -4.72. The average Bonchev–Trinajstić information content (AvgIpc) is 3.55. The fourth-order valence-corrected chi connectivity index (χ4v) is 4.81. The summed E-state index contributed by atoms with van der Waals surface area (Å²) >= 11 is 0. The normalized spacial score (nSPS) is 19.2. The zero-order valence-electron chi connectivity index (χ0n) is 19.8. The number of alkyl halides is 3. The molecule has 0 spiro atoms. The molecule has 2 atom stereocenters. The van der Waals surface area contributed by atoms with Gasteiger partial charge >= 0.3 is 6.36 Å². The van der Waals surface area contributed by atoms with E-state index in [9.17, 15) is 26.6 Å². The molecular weight excluding hydrogens is 500 g/mol.